The molecule has 34 heavy (non-hydrogen) atoms. The summed E-state index contributed by atoms with van der Waals surface area (Å²) in [4.78, 5) is 13.2. The average molecular weight is 472 g/mol. The summed E-state index contributed by atoms with van der Waals surface area (Å²) in [5, 5.41) is 2.91. The molecule has 1 amide bonds. The zero-order chi connectivity index (χ0) is 24.0. The first-order chi connectivity index (χ1) is 16.4. The van der Waals surface area contributed by atoms with Crippen LogP contribution in [0.5, 0.6) is 5.75 Å². The third-order valence-electron chi connectivity index (χ3n) is 5.42. The number of rotatable bonds is 8. The molecular weight excluding hydrogens is 446 g/mol. The van der Waals surface area contributed by atoms with Crippen molar-refractivity contribution in [3.8, 4) is 5.75 Å². The second kappa shape index (κ2) is 10.4. The summed E-state index contributed by atoms with van der Waals surface area (Å²) < 4.78 is 30.9. The summed E-state index contributed by atoms with van der Waals surface area (Å²) in [6.45, 7) is 0. The van der Waals surface area contributed by atoms with E-state index in [2.05, 4.69) is 5.32 Å². The lowest BCUT2D eigenvalue weighted by molar-refractivity contribution is 0.102. The van der Waals surface area contributed by atoms with Crippen molar-refractivity contribution in [1.82, 2.24) is 0 Å². The molecule has 1 N–H and O–H groups in total. The number of carbonyl (C=O) groups excluding carboxylic acids is 1. The molecule has 0 heterocycles. The number of methoxy groups -OCH3 is 1. The Labute approximate surface area is 200 Å². The second-order valence-corrected chi connectivity index (χ2v) is 9.91. The summed E-state index contributed by atoms with van der Waals surface area (Å²) >= 11 is 0. The molecular formula is C28H25NO4S. The van der Waals surface area contributed by atoms with Gasteiger partial charge in [-0.05, 0) is 53.6 Å². The predicted molar refractivity (Wildman–Crippen MR) is 134 cm³/mol. The molecule has 6 heteroatoms. The van der Waals surface area contributed by atoms with Crippen molar-refractivity contribution in [3.63, 3.8) is 0 Å². The van der Waals surface area contributed by atoms with Crippen molar-refractivity contribution in [1.29, 1.82) is 0 Å². The van der Waals surface area contributed by atoms with Gasteiger partial charge in [0.25, 0.3) is 5.91 Å². The molecule has 172 valence electrons. The summed E-state index contributed by atoms with van der Waals surface area (Å²) in [5.41, 5.74) is 3.67. The van der Waals surface area contributed by atoms with Gasteiger partial charge >= 0.3 is 0 Å². The molecule has 0 aliphatic rings. The molecule has 0 aliphatic heterocycles. The van der Waals surface area contributed by atoms with Gasteiger partial charge in [0.1, 0.15) is 5.75 Å². The van der Waals surface area contributed by atoms with E-state index in [1.165, 1.54) is 0 Å². The minimum absolute atomic E-state index is 0.179. The Kier molecular flexibility index (Phi) is 7.09. The smallest absolute Gasteiger partial charge is 0.255 e. The largest absolute Gasteiger partial charge is 0.496 e. The van der Waals surface area contributed by atoms with Crippen LogP contribution in [0, 0.1) is 0 Å². The van der Waals surface area contributed by atoms with Crippen LogP contribution in [0.15, 0.2) is 108 Å². The van der Waals surface area contributed by atoms with Gasteiger partial charge in [0, 0.05) is 23.2 Å². The van der Waals surface area contributed by atoms with Crippen molar-refractivity contribution in [2.45, 2.75) is 17.1 Å². The molecule has 0 bridgehead atoms. The Morgan fingerprint density at radius 3 is 2.18 bits per heavy atom. The molecule has 4 rings (SSSR count). The highest BCUT2D eigenvalue weighted by Crippen LogP contribution is 2.26. The maximum absolute atomic E-state index is 12.9. The monoisotopic (exact) mass is 471 g/mol. The average Bonchev–Trinajstić information content (AvgIpc) is 2.85. The Morgan fingerprint density at radius 2 is 1.47 bits per heavy atom. The van der Waals surface area contributed by atoms with Crippen LogP contribution in [-0.4, -0.2) is 21.4 Å². The first kappa shape index (κ1) is 23.3. The molecule has 5 nitrogen and oxygen atoms in total. The van der Waals surface area contributed by atoms with Crippen LogP contribution in [0.1, 0.15) is 27.0 Å². The molecule has 0 spiro atoms. The van der Waals surface area contributed by atoms with E-state index in [0.29, 0.717) is 23.2 Å². The highest BCUT2D eigenvalue weighted by atomic mass is 32.2. The van der Waals surface area contributed by atoms with Gasteiger partial charge in [-0.3, -0.25) is 4.79 Å². The van der Waals surface area contributed by atoms with Crippen molar-refractivity contribution in [2.75, 3.05) is 12.4 Å². The van der Waals surface area contributed by atoms with E-state index in [4.69, 9.17) is 4.74 Å². The van der Waals surface area contributed by atoms with Crippen molar-refractivity contribution in [3.05, 3.63) is 125 Å². The van der Waals surface area contributed by atoms with Crippen LogP contribution in [0.2, 0.25) is 0 Å². The molecule has 0 unspecified atom stereocenters. The fourth-order valence-corrected chi connectivity index (χ4v) is 5.10. The highest BCUT2D eigenvalue weighted by molar-refractivity contribution is 7.90. The Balaban J connectivity index is 1.51. The van der Waals surface area contributed by atoms with Crippen molar-refractivity contribution >= 4 is 21.4 Å². The van der Waals surface area contributed by atoms with Crippen LogP contribution in [-0.2, 0) is 22.0 Å². The SMILES string of the molecule is COc1ccc(NC(=O)c2cccc(CS(=O)(=O)c3ccccc3)c2)cc1Cc1ccccc1. The standard InChI is InChI=1S/C28H25NO4S/c1-33-27-16-15-25(19-24(27)17-21-9-4-2-5-10-21)29-28(30)23-12-8-11-22(18-23)20-34(31,32)26-13-6-3-7-14-26/h2-16,18-19H,17,20H2,1H3,(H,29,30). The highest BCUT2D eigenvalue weighted by Gasteiger charge is 2.16. The van der Waals surface area contributed by atoms with E-state index < -0.39 is 9.84 Å². The minimum Gasteiger partial charge on any atom is -0.496 e. The number of nitrogens with one attached hydrogen (secondary N) is 1. The lowest BCUT2D eigenvalue weighted by Gasteiger charge is -2.12. The van der Waals surface area contributed by atoms with E-state index in [1.54, 1.807) is 67.8 Å². The maximum Gasteiger partial charge on any atom is 0.255 e. The summed E-state index contributed by atoms with van der Waals surface area (Å²) in [7, 11) is -1.88. The van der Waals surface area contributed by atoms with Crippen LogP contribution in [0.4, 0.5) is 5.69 Å². The number of anilines is 1. The van der Waals surface area contributed by atoms with E-state index in [0.717, 1.165) is 16.9 Å². The van der Waals surface area contributed by atoms with Crippen molar-refractivity contribution < 1.29 is 17.9 Å². The van der Waals surface area contributed by atoms with Crippen LogP contribution >= 0.6 is 0 Å². The molecule has 4 aromatic rings. The predicted octanol–water partition coefficient (Wildman–Crippen LogP) is 5.51. The number of hydrogen-bond acceptors (Lipinski definition) is 4. The first-order valence-corrected chi connectivity index (χ1v) is 12.5. The van der Waals surface area contributed by atoms with Gasteiger partial charge in [-0.15, -0.1) is 0 Å². The van der Waals surface area contributed by atoms with E-state index in [-0.39, 0.29) is 16.6 Å². The van der Waals surface area contributed by atoms with Crippen LogP contribution in [0.25, 0.3) is 0 Å². The number of ether oxygens (including phenoxy) is 1. The third kappa shape index (κ3) is 5.71. The zero-order valence-corrected chi connectivity index (χ0v) is 19.6. The van der Waals surface area contributed by atoms with Crippen LogP contribution < -0.4 is 10.1 Å². The first-order valence-electron chi connectivity index (χ1n) is 10.8. The molecule has 0 atom stereocenters. The lowest BCUT2D eigenvalue weighted by Crippen LogP contribution is -2.13. The van der Waals surface area contributed by atoms with E-state index >= 15 is 0 Å². The quantitative estimate of drug-likeness (QED) is 0.368. The summed E-state index contributed by atoms with van der Waals surface area (Å²) in [6, 6.07) is 30.5. The normalized spacial score (nSPS) is 11.1. The van der Waals surface area contributed by atoms with Crippen LogP contribution in [0.3, 0.4) is 0 Å². The van der Waals surface area contributed by atoms with Gasteiger partial charge in [-0.2, -0.15) is 0 Å². The molecule has 0 aliphatic carbocycles. The fourth-order valence-electron chi connectivity index (χ4n) is 3.75. The maximum atomic E-state index is 12.9. The van der Waals surface area contributed by atoms with Gasteiger partial charge < -0.3 is 10.1 Å². The molecule has 4 aromatic carbocycles. The molecule has 0 saturated heterocycles. The van der Waals surface area contributed by atoms with Gasteiger partial charge in [0.05, 0.1) is 17.8 Å². The van der Waals surface area contributed by atoms with E-state index in [9.17, 15) is 13.2 Å². The van der Waals surface area contributed by atoms with Gasteiger partial charge in [-0.1, -0.05) is 60.7 Å². The number of amides is 1. The number of sulfone groups is 1. The number of carbonyl (C=O) groups is 1. The molecule has 0 fully saturated rings. The minimum atomic E-state index is -3.50. The molecule has 0 aromatic heterocycles. The molecule has 0 radical (unpaired) electrons. The topological polar surface area (TPSA) is 72.5 Å². The summed E-state index contributed by atoms with van der Waals surface area (Å²) in [5.74, 6) is 0.256. The number of benzene rings is 4. The third-order valence-corrected chi connectivity index (χ3v) is 7.13. The Hall–Kier alpha value is -3.90. The van der Waals surface area contributed by atoms with Gasteiger partial charge in [-0.25, -0.2) is 8.42 Å². The molecule has 0 saturated carbocycles. The van der Waals surface area contributed by atoms with Gasteiger partial charge in [0.15, 0.2) is 9.84 Å². The fraction of sp³-hybridized carbons (Fsp3) is 0.107. The van der Waals surface area contributed by atoms with Crippen molar-refractivity contribution in [2.24, 2.45) is 0 Å². The van der Waals surface area contributed by atoms with E-state index in [1.807, 2.05) is 42.5 Å². The summed E-state index contributed by atoms with van der Waals surface area (Å²) in [6.07, 6.45) is 0.667. The Bertz CT molecular complexity index is 1380. The zero-order valence-electron chi connectivity index (χ0n) is 18.8. The Morgan fingerprint density at radius 1 is 0.794 bits per heavy atom. The number of hydrogen-bond donors (Lipinski definition) is 1. The lowest BCUT2D eigenvalue weighted by atomic mass is 10.0. The second-order valence-electron chi connectivity index (χ2n) is 7.92. The van der Waals surface area contributed by atoms with Gasteiger partial charge in [0.2, 0.25) is 0 Å².